The van der Waals surface area contributed by atoms with Crippen molar-refractivity contribution in [1.82, 2.24) is 5.32 Å². The van der Waals surface area contributed by atoms with Gasteiger partial charge in [0.05, 0.1) is 6.10 Å². The fourth-order valence-corrected chi connectivity index (χ4v) is 3.24. The van der Waals surface area contributed by atoms with Crippen LogP contribution in [0.2, 0.25) is 10.0 Å². The quantitative estimate of drug-likeness (QED) is 0.771. The molecule has 2 nitrogen and oxygen atoms in total. The predicted molar refractivity (Wildman–Crippen MR) is 85.8 cm³/mol. The molecule has 0 heterocycles. The van der Waals surface area contributed by atoms with E-state index < -0.39 is 0 Å². The Hall–Kier alpha value is -0.280. The molecule has 20 heavy (non-hydrogen) atoms. The van der Waals surface area contributed by atoms with E-state index in [-0.39, 0.29) is 12.1 Å². The Morgan fingerprint density at radius 2 is 1.95 bits per heavy atom. The molecule has 0 amide bonds. The lowest BCUT2D eigenvalue weighted by atomic mass is 9.97. The Bertz CT molecular complexity index is 414. The third-order valence-corrected chi connectivity index (χ3v) is 4.61. The van der Waals surface area contributed by atoms with E-state index in [1.54, 1.807) is 7.11 Å². The minimum atomic E-state index is 0.244. The molecule has 1 aromatic rings. The van der Waals surface area contributed by atoms with E-state index in [1.807, 2.05) is 18.2 Å². The van der Waals surface area contributed by atoms with Gasteiger partial charge in [-0.25, -0.2) is 0 Å². The van der Waals surface area contributed by atoms with Gasteiger partial charge in [0.1, 0.15) is 0 Å². The zero-order valence-corrected chi connectivity index (χ0v) is 13.7. The monoisotopic (exact) mass is 315 g/mol. The summed E-state index contributed by atoms with van der Waals surface area (Å²) in [6.45, 7) is 3.16. The smallest absolute Gasteiger partial charge is 0.0755 e. The molecule has 2 atom stereocenters. The van der Waals surface area contributed by atoms with Crippen LogP contribution in [-0.4, -0.2) is 25.8 Å². The molecule has 1 N–H and O–H groups in total. The summed E-state index contributed by atoms with van der Waals surface area (Å²) in [6.07, 6.45) is 4.69. The number of nitrogens with one attached hydrogen (secondary N) is 1. The number of ether oxygens (including phenoxy) is 1. The molecule has 112 valence electrons. The largest absolute Gasteiger partial charge is 0.380 e. The average Bonchev–Trinajstić information content (AvgIpc) is 3.25. The standard InChI is InChI=1S/C16H23Cl2NO/c1-3-9-19-15(16(20-2)11-7-8-11)10-12-13(17)5-4-6-14(12)18/h4-6,11,15-16,19H,3,7-10H2,1-2H3. The second-order valence-corrected chi connectivity index (χ2v) is 6.32. The van der Waals surface area contributed by atoms with Gasteiger partial charge >= 0.3 is 0 Å². The van der Waals surface area contributed by atoms with E-state index in [1.165, 1.54) is 12.8 Å². The Labute approximate surface area is 131 Å². The summed E-state index contributed by atoms with van der Waals surface area (Å²) in [6, 6.07) is 5.96. The summed E-state index contributed by atoms with van der Waals surface area (Å²) in [5.74, 6) is 0.676. The molecule has 1 fully saturated rings. The third-order valence-electron chi connectivity index (χ3n) is 3.90. The maximum absolute atomic E-state index is 6.30. The maximum atomic E-state index is 6.30. The minimum absolute atomic E-state index is 0.244. The van der Waals surface area contributed by atoms with E-state index in [2.05, 4.69) is 12.2 Å². The van der Waals surface area contributed by atoms with Crippen LogP contribution in [0, 0.1) is 5.92 Å². The van der Waals surface area contributed by atoms with Gasteiger partial charge in [-0.3, -0.25) is 0 Å². The summed E-state index contributed by atoms with van der Waals surface area (Å²) < 4.78 is 5.74. The maximum Gasteiger partial charge on any atom is 0.0755 e. The highest BCUT2D eigenvalue weighted by molar-refractivity contribution is 6.36. The fourth-order valence-electron chi connectivity index (χ4n) is 2.69. The van der Waals surface area contributed by atoms with Gasteiger partial charge in [-0.15, -0.1) is 0 Å². The Balaban J connectivity index is 2.13. The SMILES string of the molecule is CCCNC(Cc1c(Cl)cccc1Cl)C(OC)C1CC1. The first-order chi connectivity index (χ1) is 9.67. The normalized spacial score (nSPS) is 18.0. The van der Waals surface area contributed by atoms with Crippen molar-refractivity contribution >= 4 is 23.2 Å². The van der Waals surface area contributed by atoms with Crippen molar-refractivity contribution in [3.8, 4) is 0 Å². The number of hydrogen-bond donors (Lipinski definition) is 1. The molecular weight excluding hydrogens is 293 g/mol. The molecule has 0 bridgehead atoms. The number of methoxy groups -OCH3 is 1. The van der Waals surface area contributed by atoms with E-state index in [9.17, 15) is 0 Å². The van der Waals surface area contributed by atoms with Gasteiger partial charge in [0.25, 0.3) is 0 Å². The van der Waals surface area contributed by atoms with Crippen molar-refractivity contribution in [3.05, 3.63) is 33.8 Å². The van der Waals surface area contributed by atoms with E-state index >= 15 is 0 Å². The topological polar surface area (TPSA) is 21.3 Å². The minimum Gasteiger partial charge on any atom is -0.380 e. The van der Waals surface area contributed by atoms with Gasteiger partial charge < -0.3 is 10.1 Å². The Kier molecular flexibility index (Phi) is 6.16. The molecule has 0 radical (unpaired) electrons. The summed E-state index contributed by atoms with van der Waals surface area (Å²) >= 11 is 12.6. The molecule has 1 aromatic carbocycles. The van der Waals surface area contributed by atoms with Crippen LogP contribution in [0.1, 0.15) is 31.7 Å². The second-order valence-electron chi connectivity index (χ2n) is 5.50. The summed E-state index contributed by atoms with van der Waals surface area (Å²) in [5.41, 5.74) is 1.02. The Morgan fingerprint density at radius 1 is 1.30 bits per heavy atom. The van der Waals surface area contributed by atoms with Crippen LogP contribution in [0.15, 0.2) is 18.2 Å². The zero-order chi connectivity index (χ0) is 14.5. The molecule has 0 spiro atoms. The first kappa shape index (κ1) is 16.1. The molecule has 0 saturated heterocycles. The molecule has 0 aliphatic heterocycles. The lowest BCUT2D eigenvalue weighted by Gasteiger charge is -2.28. The Morgan fingerprint density at radius 3 is 2.45 bits per heavy atom. The van der Waals surface area contributed by atoms with Crippen LogP contribution >= 0.6 is 23.2 Å². The van der Waals surface area contributed by atoms with Gasteiger partial charge in [0, 0.05) is 23.2 Å². The first-order valence-electron chi connectivity index (χ1n) is 7.36. The van der Waals surface area contributed by atoms with Gasteiger partial charge in [0.2, 0.25) is 0 Å². The molecule has 0 aromatic heterocycles. The van der Waals surface area contributed by atoms with Crippen LogP contribution in [0.25, 0.3) is 0 Å². The number of halogens is 2. The van der Waals surface area contributed by atoms with E-state index in [4.69, 9.17) is 27.9 Å². The van der Waals surface area contributed by atoms with Gasteiger partial charge in [-0.1, -0.05) is 36.2 Å². The second kappa shape index (κ2) is 7.65. The van der Waals surface area contributed by atoms with Crippen molar-refractivity contribution in [3.63, 3.8) is 0 Å². The van der Waals surface area contributed by atoms with Crippen LogP contribution in [-0.2, 0) is 11.2 Å². The van der Waals surface area contributed by atoms with Crippen molar-refractivity contribution in [2.75, 3.05) is 13.7 Å². The third kappa shape index (κ3) is 4.11. The highest BCUT2D eigenvalue weighted by Gasteiger charge is 2.37. The molecule has 4 heteroatoms. The summed E-state index contributed by atoms with van der Waals surface area (Å²) in [4.78, 5) is 0. The highest BCUT2D eigenvalue weighted by atomic mass is 35.5. The van der Waals surface area contributed by atoms with Gasteiger partial charge in [-0.05, 0) is 55.8 Å². The van der Waals surface area contributed by atoms with Crippen LogP contribution in [0.4, 0.5) is 0 Å². The molecule has 2 unspecified atom stereocenters. The van der Waals surface area contributed by atoms with Crippen LogP contribution < -0.4 is 5.32 Å². The molecule has 1 aliphatic rings. The molecule has 2 rings (SSSR count). The molecular formula is C16H23Cl2NO. The fraction of sp³-hybridized carbons (Fsp3) is 0.625. The lowest BCUT2D eigenvalue weighted by molar-refractivity contribution is 0.0511. The van der Waals surface area contributed by atoms with E-state index in [0.717, 1.165) is 35.0 Å². The van der Waals surface area contributed by atoms with Gasteiger partial charge in [-0.2, -0.15) is 0 Å². The molecule has 1 aliphatic carbocycles. The average molecular weight is 316 g/mol. The number of rotatable bonds is 8. The predicted octanol–water partition coefficient (Wildman–Crippen LogP) is 4.33. The zero-order valence-electron chi connectivity index (χ0n) is 12.2. The van der Waals surface area contributed by atoms with Crippen molar-refractivity contribution in [1.29, 1.82) is 0 Å². The van der Waals surface area contributed by atoms with Crippen molar-refractivity contribution < 1.29 is 4.74 Å². The lowest BCUT2D eigenvalue weighted by Crippen LogP contribution is -2.44. The first-order valence-corrected chi connectivity index (χ1v) is 8.12. The summed E-state index contributed by atoms with van der Waals surface area (Å²) in [5, 5.41) is 5.09. The van der Waals surface area contributed by atoms with Crippen LogP contribution in [0.5, 0.6) is 0 Å². The van der Waals surface area contributed by atoms with Crippen LogP contribution in [0.3, 0.4) is 0 Å². The van der Waals surface area contributed by atoms with E-state index in [0.29, 0.717) is 5.92 Å². The highest BCUT2D eigenvalue weighted by Crippen LogP contribution is 2.37. The van der Waals surface area contributed by atoms with Crippen molar-refractivity contribution in [2.45, 2.75) is 44.8 Å². The molecule has 1 saturated carbocycles. The number of benzene rings is 1. The number of hydrogen-bond acceptors (Lipinski definition) is 2. The van der Waals surface area contributed by atoms with Gasteiger partial charge in [0.15, 0.2) is 0 Å². The summed E-state index contributed by atoms with van der Waals surface area (Å²) in [7, 11) is 1.80. The van der Waals surface area contributed by atoms with Crippen molar-refractivity contribution in [2.24, 2.45) is 5.92 Å².